The molecule has 1 aromatic heterocycles. The van der Waals surface area contributed by atoms with E-state index in [0.717, 1.165) is 17.3 Å². The minimum absolute atomic E-state index is 0.0814. The lowest BCUT2D eigenvalue weighted by atomic mass is 9.53. The topological polar surface area (TPSA) is 46.9 Å². The molecule has 1 aromatic carbocycles. The summed E-state index contributed by atoms with van der Waals surface area (Å²) < 4.78 is 1.96. The van der Waals surface area contributed by atoms with Gasteiger partial charge in [0.15, 0.2) is 0 Å². The van der Waals surface area contributed by atoms with Gasteiger partial charge >= 0.3 is 0 Å². The Hall–Kier alpha value is -2.10. The van der Waals surface area contributed by atoms with Crippen molar-refractivity contribution in [2.24, 2.45) is 17.8 Å². The number of benzene rings is 1. The van der Waals surface area contributed by atoms with Gasteiger partial charge < -0.3 is 5.32 Å². The highest BCUT2D eigenvalue weighted by Crippen LogP contribution is 2.54. The molecule has 4 nitrogen and oxygen atoms in total. The van der Waals surface area contributed by atoms with Gasteiger partial charge in [-0.2, -0.15) is 5.10 Å². The van der Waals surface area contributed by atoms with Crippen molar-refractivity contribution in [1.29, 1.82) is 0 Å². The number of hydrogen-bond donors (Lipinski definition) is 1. The number of amides is 1. The Morgan fingerprint density at radius 1 is 1.19 bits per heavy atom. The molecular formula is C23H31N3O. The van der Waals surface area contributed by atoms with Crippen LogP contribution in [0, 0.1) is 31.6 Å². The molecule has 144 valence electrons. The maximum atomic E-state index is 13.0. The van der Waals surface area contributed by atoms with E-state index in [1.807, 2.05) is 18.5 Å². The van der Waals surface area contributed by atoms with Crippen LogP contribution in [0.5, 0.6) is 0 Å². The lowest BCUT2D eigenvalue weighted by Crippen LogP contribution is -2.60. The van der Waals surface area contributed by atoms with E-state index >= 15 is 0 Å². The fourth-order valence-electron chi connectivity index (χ4n) is 5.30. The highest BCUT2D eigenvalue weighted by Gasteiger charge is 2.51. The van der Waals surface area contributed by atoms with E-state index < -0.39 is 0 Å². The highest BCUT2D eigenvalue weighted by atomic mass is 16.2. The summed E-state index contributed by atoms with van der Waals surface area (Å²) in [6.45, 7) is 6.70. The molecule has 1 amide bonds. The van der Waals surface area contributed by atoms with Crippen LogP contribution >= 0.6 is 0 Å². The summed E-state index contributed by atoms with van der Waals surface area (Å²) in [5.74, 6) is 1.94. The fraction of sp³-hybridized carbons (Fsp3) is 0.565. The van der Waals surface area contributed by atoms with E-state index in [4.69, 9.17) is 0 Å². The number of rotatable bonds is 5. The zero-order valence-electron chi connectivity index (χ0n) is 16.7. The fourth-order valence-corrected chi connectivity index (χ4v) is 5.30. The van der Waals surface area contributed by atoms with Gasteiger partial charge in [0.2, 0.25) is 5.91 Å². The minimum Gasteiger partial charge on any atom is -0.352 e. The van der Waals surface area contributed by atoms with Crippen LogP contribution in [0.1, 0.15) is 55.5 Å². The molecule has 0 saturated heterocycles. The highest BCUT2D eigenvalue weighted by molar-refractivity contribution is 5.79. The first-order chi connectivity index (χ1) is 13.0. The van der Waals surface area contributed by atoms with Crippen LogP contribution in [0.3, 0.4) is 0 Å². The molecule has 1 heterocycles. The van der Waals surface area contributed by atoms with E-state index in [0.29, 0.717) is 18.4 Å². The number of carbonyl (C=O) groups is 1. The molecule has 27 heavy (non-hydrogen) atoms. The summed E-state index contributed by atoms with van der Waals surface area (Å²) in [5, 5.41) is 7.94. The molecular weight excluding hydrogens is 334 g/mol. The van der Waals surface area contributed by atoms with Crippen LogP contribution in [0.4, 0.5) is 0 Å². The van der Waals surface area contributed by atoms with Gasteiger partial charge in [-0.15, -0.1) is 0 Å². The smallest absolute Gasteiger partial charge is 0.224 e. The monoisotopic (exact) mass is 365 g/mol. The maximum absolute atomic E-state index is 13.0. The molecule has 0 aliphatic heterocycles. The molecule has 0 unspecified atom stereocenters. The van der Waals surface area contributed by atoms with Crippen LogP contribution in [0.2, 0.25) is 0 Å². The molecule has 2 saturated carbocycles. The lowest BCUT2D eigenvalue weighted by molar-refractivity contribution is -0.128. The van der Waals surface area contributed by atoms with Gasteiger partial charge in [-0.1, -0.05) is 50.1 Å². The summed E-state index contributed by atoms with van der Waals surface area (Å²) >= 11 is 0. The van der Waals surface area contributed by atoms with Crippen molar-refractivity contribution in [2.75, 3.05) is 0 Å². The average Bonchev–Trinajstić information content (AvgIpc) is 2.97. The summed E-state index contributed by atoms with van der Waals surface area (Å²) in [5.41, 5.74) is 3.51. The second-order valence-electron chi connectivity index (χ2n) is 8.59. The molecule has 1 N–H and O–H groups in total. The van der Waals surface area contributed by atoms with Gasteiger partial charge in [-0.25, -0.2) is 0 Å². The lowest BCUT2D eigenvalue weighted by Gasteiger charge is -2.55. The molecule has 4 heteroatoms. The Labute approximate surface area is 162 Å². The van der Waals surface area contributed by atoms with Crippen molar-refractivity contribution in [3.8, 4) is 0 Å². The summed E-state index contributed by atoms with van der Waals surface area (Å²) in [6.07, 6.45) is 5.19. The van der Waals surface area contributed by atoms with Crippen molar-refractivity contribution in [3.05, 3.63) is 53.3 Å². The molecule has 2 aromatic rings. The number of fused-ring (bicyclic) bond motifs is 1. The first kappa shape index (κ1) is 18.3. The third kappa shape index (κ3) is 3.54. The Kier molecular flexibility index (Phi) is 5.07. The zero-order chi connectivity index (χ0) is 19.0. The summed E-state index contributed by atoms with van der Waals surface area (Å²) in [7, 11) is 0. The molecule has 2 aliphatic carbocycles. The van der Waals surface area contributed by atoms with Gasteiger partial charge in [-0.3, -0.25) is 9.48 Å². The van der Waals surface area contributed by atoms with Crippen molar-refractivity contribution in [1.82, 2.24) is 15.1 Å². The largest absolute Gasteiger partial charge is 0.352 e. The minimum atomic E-state index is -0.0814. The SMILES string of the molecule is Cc1cc(C)n(C[C@H](C)C(=O)N[C@H]2[C@@H]3CCCC[C@H]3[C@@H]2c2ccccc2)n1. The first-order valence-electron chi connectivity index (χ1n) is 10.4. The van der Waals surface area contributed by atoms with Crippen molar-refractivity contribution in [3.63, 3.8) is 0 Å². The molecule has 0 radical (unpaired) electrons. The maximum Gasteiger partial charge on any atom is 0.224 e. The second kappa shape index (κ2) is 7.49. The van der Waals surface area contributed by atoms with E-state index in [1.54, 1.807) is 0 Å². The normalized spacial score (nSPS) is 28.1. The third-order valence-electron chi connectivity index (χ3n) is 6.68. The van der Waals surface area contributed by atoms with E-state index in [9.17, 15) is 4.79 Å². The Balaban J connectivity index is 1.46. The van der Waals surface area contributed by atoms with Gasteiger partial charge in [-0.05, 0) is 50.2 Å². The third-order valence-corrected chi connectivity index (χ3v) is 6.68. The molecule has 2 fully saturated rings. The Morgan fingerprint density at radius 2 is 1.89 bits per heavy atom. The standard InChI is InChI=1S/C23H31N3O/c1-15(14-26-17(3)13-16(2)25-26)23(27)24-22-20-12-8-7-11-19(20)21(22)18-9-5-4-6-10-18/h4-6,9-10,13,15,19-22H,7-8,11-12,14H2,1-3H3,(H,24,27)/t15-,19+,20+,21-,22-/m0/s1. The van der Waals surface area contributed by atoms with Crippen molar-refractivity contribution in [2.45, 2.75) is 65.0 Å². The van der Waals surface area contributed by atoms with E-state index in [1.165, 1.54) is 31.2 Å². The molecule has 2 aliphatic rings. The van der Waals surface area contributed by atoms with Gasteiger partial charge in [0.05, 0.1) is 18.2 Å². The van der Waals surface area contributed by atoms with Gasteiger partial charge in [0, 0.05) is 17.7 Å². The quantitative estimate of drug-likeness (QED) is 0.862. The van der Waals surface area contributed by atoms with Crippen LogP contribution in [-0.4, -0.2) is 21.7 Å². The molecule has 5 atom stereocenters. The van der Waals surface area contributed by atoms with Crippen LogP contribution in [0.15, 0.2) is 36.4 Å². The average molecular weight is 366 g/mol. The predicted molar refractivity (Wildman–Crippen MR) is 107 cm³/mol. The zero-order valence-corrected chi connectivity index (χ0v) is 16.7. The van der Waals surface area contributed by atoms with Crippen LogP contribution in [0.25, 0.3) is 0 Å². The summed E-state index contributed by atoms with van der Waals surface area (Å²) in [6, 6.07) is 13.1. The van der Waals surface area contributed by atoms with Crippen LogP contribution in [-0.2, 0) is 11.3 Å². The van der Waals surface area contributed by atoms with Crippen molar-refractivity contribution >= 4 is 5.91 Å². The number of carbonyl (C=O) groups excluding carboxylic acids is 1. The van der Waals surface area contributed by atoms with Crippen LogP contribution < -0.4 is 5.32 Å². The molecule has 4 rings (SSSR count). The number of nitrogens with zero attached hydrogens (tertiary/aromatic N) is 2. The number of aromatic nitrogens is 2. The van der Waals surface area contributed by atoms with E-state index in [2.05, 4.69) is 53.7 Å². The van der Waals surface area contributed by atoms with Crippen molar-refractivity contribution < 1.29 is 4.79 Å². The number of nitrogens with one attached hydrogen (secondary N) is 1. The number of hydrogen-bond acceptors (Lipinski definition) is 2. The van der Waals surface area contributed by atoms with E-state index in [-0.39, 0.29) is 17.9 Å². The summed E-state index contributed by atoms with van der Waals surface area (Å²) in [4.78, 5) is 13.0. The first-order valence-corrected chi connectivity index (χ1v) is 10.4. The Bertz CT molecular complexity index is 797. The number of aryl methyl sites for hydroxylation is 2. The predicted octanol–water partition coefficient (Wildman–Crippen LogP) is 4.22. The Morgan fingerprint density at radius 3 is 2.56 bits per heavy atom. The van der Waals surface area contributed by atoms with Gasteiger partial charge in [0.25, 0.3) is 0 Å². The second-order valence-corrected chi connectivity index (χ2v) is 8.59. The molecule has 0 bridgehead atoms. The molecule has 0 spiro atoms. The van der Waals surface area contributed by atoms with Gasteiger partial charge in [0.1, 0.15) is 0 Å².